The fourth-order valence-electron chi connectivity index (χ4n) is 6.12. The molecule has 2 bridgehead atoms. The third kappa shape index (κ3) is 1.23. The van der Waals surface area contributed by atoms with E-state index < -0.39 is 6.61 Å². The Hall–Kier alpha value is -1.16. The van der Waals surface area contributed by atoms with E-state index in [2.05, 4.69) is 16.7 Å². The van der Waals surface area contributed by atoms with Gasteiger partial charge in [-0.05, 0) is 55.5 Å². The number of benzene rings is 1. The van der Waals surface area contributed by atoms with E-state index in [-0.39, 0.29) is 11.0 Å². The number of piperidine rings is 1. The number of hydrogen-bond acceptors (Lipinski definition) is 2. The van der Waals surface area contributed by atoms with Crippen molar-refractivity contribution in [2.45, 2.75) is 55.7 Å². The lowest BCUT2D eigenvalue weighted by molar-refractivity contribution is -0.0499. The molecule has 1 aliphatic heterocycles. The van der Waals surface area contributed by atoms with E-state index in [9.17, 15) is 8.78 Å². The Kier molecular flexibility index (Phi) is 2.12. The van der Waals surface area contributed by atoms with Crippen LogP contribution in [-0.4, -0.2) is 24.6 Å². The zero-order valence-electron chi connectivity index (χ0n) is 12.1. The average molecular weight is 291 g/mol. The topological polar surface area (TPSA) is 12.2 Å². The molecule has 2 unspecified atom stereocenters. The molecular weight excluding hydrogens is 272 g/mol. The molecule has 1 heterocycles. The van der Waals surface area contributed by atoms with Crippen molar-refractivity contribution in [3.8, 4) is 5.75 Å². The second-order valence-electron chi connectivity index (χ2n) is 7.25. The highest BCUT2D eigenvalue weighted by molar-refractivity contribution is 5.59. The van der Waals surface area contributed by atoms with Crippen molar-refractivity contribution in [1.29, 1.82) is 0 Å². The van der Waals surface area contributed by atoms with Gasteiger partial charge in [-0.15, -0.1) is 0 Å². The van der Waals surface area contributed by atoms with Crippen molar-refractivity contribution in [2.75, 3.05) is 7.05 Å². The van der Waals surface area contributed by atoms with E-state index in [1.807, 2.05) is 12.1 Å². The molecule has 21 heavy (non-hydrogen) atoms. The molecule has 1 aromatic carbocycles. The lowest BCUT2D eigenvalue weighted by Gasteiger charge is -2.41. The summed E-state index contributed by atoms with van der Waals surface area (Å²) >= 11 is 0. The lowest BCUT2D eigenvalue weighted by Crippen LogP contribution is -2.38. The molecular formula is C17H19F2NO. The van der Waals surface area contributed by atoms with Gasteiger partial charge in [0.1, 0.15) is 5.75 Å². The van der Waals surface area contributed by atoms with E-state index >= 15 is 0 Å². The Labute approximate surface area is 123 Å². The Morgan fingerprint density at radius 2 is 2.14 bits per heavy atom. The largest absolute Gasteiger partial charge is 0.435 e. The summed E-state index contributed by atoms with van der Waals surface area (Å²) in [6.45, 7) is -2.74. The van der Waals surface area contributed by atoms with Gasteiger partial charge in [-0.2, -0.15) is 8.78 Å². The van der Waals surface area contributed by atoms with Crippen molar-refractivity contribution < 1.29 is 13.5 Å². The van der Waals surface area contributed by atoms with E-state index in [1.165, 1.54) is 43.2 Å². The Balaban J connectivity index is 1.66. The van der Waals surface area contributed by atoms with Gasteiger partial charge in [-0.1, -0.05) is 18.9 Å². The molecule has 112 valence electrons. The Morgan fingerprint density at radius 1 is 1.29 bits per heavy atom. The number of likely N-dealkylation sites (N-methyl/N-ethyl adjacent to an activating group) is 1. The summed E-state index contributed by atoms with van der Waals surface area (Å²) in [5.74, 6) is 1.04. The molecule has 1 saturated heterocycles. The highest BCUT2D eigenvalue weighted by atomic mass is 19.3. The van der Waals surface area contributed by atoms with Crippen molar-refractivity contribution >= 4 is 0 Å². The third-order valence-electron chi connectivity index (χ3n) is 6.75. The SMILES string of the molecule is CN1[C@@H]2[C@H]3CCCC[C@]34CC21c1ccc(OC(F)F)cc14. The van der Waals surface area contributed by atoms with Crippen LogP contribution in [0.25, 0.3) is 0 Å². The van der Waals surface area contributed by atoms with Crippen LogP contribution in [0.15, 0.2) is 18.2 Å². The van der Waals surface area contributed by atoms with Gasteiger partial charge >= 0.3 is 6.61 Å². The van der Waals surface area contributed by atoms with Gasteiger partial charge in [0.25, 0.3) is 0 Å². The molecule has 2 nitrogen and oxygen atoms in total. The van der Waals surface area contributed by atoms with Crippen molar-refractivity contribution in [3.63, 3.8) is 0 Å². The standard InChI is InChI=1S/C17H19F2NO/c1-20-14-12-4-2-3-7-16(12)9-17(14,20)11-6-5-10(8-13(11)16)21-15(18)19/h5-6,8,12,14-15H,2-4,7,9H2,1H3/t12-,14-,16+,17?,20?/m1/s1. The Morgan fingerprint density at radius 3 is 2.95 bits per heavy atom. The number of likely N-dealkylation sites (tertiary alicyclic amines) is 1. The first-order valence-electron chi connectivity index (χ1n) is 7.92. The maximum atomic E-state index is 12.5. The second-order valence-corrected chi connectivity index (χ2v) is 7.25. The minimum Gasteiger partial charge on any atom is -0.435 e. The number of rotatable bonds is 2. The van der Waals surface area contributed by atoms with Crippen LogP contribution in [0.2, 0.25) is 0 Å². The first kappa shape index (κ1) is 12.4. The number of hydrogen-bond donors (Lipinski definition) is 0. The highest BCUT2D eigenvalue weighted by Gasteiger charge is 2.80. The van der Waals surface area contributed by atoms with Crippen LogP contribution in [0.4, 0.5) is 8.78 Å². The normalized spacial score (nSPS) is 45.2. The molecule has 2 spiro atoms. The summed E-state index contributed by atoms with van der Waals surface area (Å²) in [5.41, 5.74) is 3.15. The minimum absolute atomic E-state index is 0.216. The molecule has 0 radical (unpaired) electrons. The van der Waals surface area contributed by atoms with Crippen LogP contribution in [0.1, 0.15) is 43.2 Å². The van der Waals surface area contributed by atoms with Crippen LogP contribution in [0.5, 0.6) is 5.75 Å². The minimum atomic E-state index is -2.74. The van der Waals surface area contributed by atoms with Gasteiger partial charge in [-0.25, -0.2) is 0 Å². The first-order valence-corrected chi connectivity index (χ1v) is 7.92. The molecule has 1 aromatic rings. The summed E-state index contributed by atoms with van der Waals surface area (Å²) in [6, 6.07) is 6.37. The number of halogens is 2. The van der Waals surface area contributed by atoms with E-state index in [0.29, 0.717) is 17.7 Å². The number of alkyl halides is 2. The Bertz CT molecular complexity index is 633. The van der Waals surface area contributed by atoms with Gasteiger partial charge in [0.05, 0.1) is 5.54 Å². The molecule has 0 amide bonds. The third-order valence-corrected chi connectivity index (χ3v) is 6.75. The highest BCUT2D eigenvalue weighted by Crippen LogP contribution is 2.77. The predicted octanol–water partition coefficient (Wildman–Crippen LogP) is 3.64. The van der Waals surface area contributed by atoms with E-state index in [1.54, 1.807) is 6.07 Å². The van der Waals surface area contributed by atoms with Crippen LogP contribution in [-0.2, 0) is 11.0 Å². The van der Waals surface area contributed by atoms with Crippen LogP contribution in [0, 0.1) is 5.92 Å². The number of ether oxygens (including phenoxy) is 1. The fraction of sp³-hybridized carbons (Fsp3) is 0.647. The summed E-state index contributed by atoms with van der Waals surface area (Å²) in [6.07, 6.45) is 6.28. The number of fused-ring (bicyclic) bond motifs is 2. The maximum Gasteiger partial charge on any atom is 0.387 e. The van der Waals surface area contributed by atoms with Gasteiger partial charge < -0.3 is 4.74 Å². The van der Waals surface area contributed by atoms with E-state index in [4.69, 9.17) is 0 Å². The molecule has 4 aliphatic rings. The molecule has 5 rings (SSSR count). The average Bonchev–Trinajstić information content (AvgIpc) is 2.80. The second kappa shape index (κ2) is 3.60. The van der Waals surface area contributed by atoms with E-state index in [0.717, 1.165) is 0 Å². The molecule has 3 aliphatic carbocycles. The predicted molar refractivity (Wildman–Crippen MR) is 74.6 cm³/mol. The molecule has 4 heteroatoms. The van der Waals surface area contributed by atoms with Crippen molar-refractivity contribution in [3.05, 3.63) is 29.3 Å². The monoisotopic (exact) mass is 291 g/mol. The fourth-order valence-corrected chi connectivity index (χ4v) is 6.12. The van der Waals surface area contributed by atoms with Crippen LogP contribution in [0.3, 0.4) is 0 Å². The van der Waals surface area contributed by atoms with Gasteiger partial charge in [0, 0.05) is 11.5 Å². The summed E-state index contributed by atoms with van der Waals surface area (Å²) < 4.78 is 29.7. The summed E-state index contributed by atoms with van der Waals surface area (Å²) in [4.78, 5) is 2.51. The zero-order chi connectivity index (χ0) is 14.4. The number of nitrogens with zero attached hydrogens (tertiary/aromatic N) is 1. The van der Waals surface area contributed by atoms with Crippen molar-refractivity contribution in [2.24, 2.45) is 5.92 Å². The van der Waals surface area contributed by atoms with Crippen molar-refractivity contribution in [1.82, 2.24) is 4.90 Å². The molecule has 0 N–H and O–H groups in total. The quantitative estimate of drug-likeness (QED) is 0.771. The van der Waals surface area contributed by atoms with Gasteiger partial charge in [0.15, 0.2) is 0 Å². The molecule has 3 fully saturated rings. The summed E-state index contributed by atoms with van der Waals surface area (Å²) in [5, 5.41) is 0. The molecule has 0 aromatic heterocycles. The van der Waals surface area contributed by atoms with Crippen LogP contribution < -0.4 is 4.74 Å². The van der Waals surface area contributed by atoms with Crippen LogP contribution >= 0.6 is 0 Å². The first-order chi connectivity index (χ1) is 10.1. The smallest absolute Gasteiger partial charge is 0.387 e. The molecule has 2 saturated carbocycles. The molecule has 5 atom stereocenters. The summed E-state index contributed by atoms with van der Waals surface area (Å²) in [7, 11) is 2.22. The lowest BCUT2D eigenvalue weighted by atomic mass is 9.63. The van der Waals surface area contributed by atoms with Gasteiger partial charge in [0.2, 0.25) is 0 Å². The zero-order valence-corrected chi connectivity index (χ0v) is 12.1. The maximum absolute atomic E-state index is 12.5. The van der Waals surface area contributed by atoms with Gasteiger partial charge in [-0.3, -0.25) is 4.90 Å².